The van der Waals surface area contributed by atoms with Gasteiger partial charge in [-0.3, -0.25) is 5.32 Å². The van der Waals surface area contributed by atoms with Crippen LogP contribution in [-0.2, 0) is 10.0 Å². The zero-order valence-corrected chi connectivity index (χ0v) is 20.0. The molecule has 1 aliphatic heterocycles. The summed E-state index contributed by atoms with van der Waals surface area (Å²) in [5.74, 6) is 0.809. The van der Waals surface area contributed by atoms with Gasteiger partial charge >= 0.3 is 0 Å². The zero-order valence-electron chi connectivity index (χ0n) is 19.2. The van der Waals surface area contributed by atoms with E-state index in [2.05, 4.69) is 20.0 Å². The molecule has 178 valence electrons. The van der Waals surface area contributed by atoms with Gasteiger partial charge in [0.15, 0.2) is 0 Å². The summed E-state index contributed by atoms with van der Waals surface area (Å²) in [4.78, 5) is 8.90. The first-order valence-corrected chi connectivity index (χ1v) is 12.9. The lowest BCUT2D eigenvalue weighted by Gasteiger charge is -2.23. The van der Waals surface area contributed by atoms with E-state index < -0.39 is 16.3 Å². The number of nitrogens with one attached hydrogen (secondary N) is 2. The maximum absolute atomic E-state index is 13.1. The van der Waals surface area contributed by atoms with Gasteiger partial charge in [0.2, 0.25) is 11.8 Å². The number of sulfonamides is 1. The highest BCUT2D eigenvalue weighted by Gasteiger charge is 2.28. The number of aryl methyl sites for hydroxylation is 2. The molecule has 4 bridgehead atoms. The fraction of sp³-hybridized carbons (Fsp3) is 0.360. The third kappa shape index (κ3) is 4.91. The Balaban J connectivity index is 1.61. The number of aromatic nitrogens is 2. The van der Waals surface area contributed by atoms with Gasteiger partial charge in [0.05, 0.1) is 10.6 Å². The largest absolute Gasteiger partial charge is 0.476 e. The number of benzene rings is 2. The third-order valence-corrected chi connectivity index (χ3v) is 7.62. The van der Waals surface area contributed by atoms with E-state index in [-0.39, 0.29) is 29.4 Å². The number of nitrogens with zero attached hydrogens (tertiary/aromatic N) is 2. The lowest BCUT2D eigenvalue weighted by Crippen LogP contribution is -2.38. The molecule has 0 spiro atoms. The summed E-state index contributed by atoms with van der Waals surface area (Å²) in [5, 5.41) is 14.0. The van der Waals surface area contributed by atoms with Crippen LogP contribution in [0.3, 0.4) is 0 Å². The van der Waals surface area contributed by atoms with Crippen LogP contribution in [0, 0.1) is 19.8 Å². The van der Waals surface area contributed by atoms with Gasteiger partial charge in [-0.2, -0.15) is 4.98 Å². The number of aliphatic hydroxyl groups is 1. The van der Waals surface area contributed by atoms with E-state index in [1.54, 1.807) is 18.2 Å². The number of anilines is 1. The van der Waals surface area contributed by atoms with E-state index in [4.69, 9.17) is 4.74 Å². The molecule has 1 unspecified atom stereocenters. The highest BCUT2D eigenvalue weighted by molar-refractivity contribution is 7.92. The SMILES string of the molecule is Cc1cccc(C)c1-c1cc2nc(n1)NS(=O)(=O)c1cccc(c1)C(O)N[C@H](CC1CC1)CO2. The highest BCUT2D eigenvalue weighted by atomic mass is 32.2. The van der Waals surface area contributed by atoms with Gasteiger partial charge in [-0.15, -0.1) is 0 Å². The van der Waals surface area contributed by atoms with E-state index in [1.807, 2.05) is 32.0 Å². The normalized spacial score (nSPS) is 21.9. The van der Waals surface area contributed by atoms with Crippen LogP contribution < -0.4 is 14.8 Å². The number of rotatable bonds is 3. The molecular weight excluding hydrogens is 452 g/mol. The van der Waals surface area contributed by atoms with Gasteiger partial charge in [0.1, 0.15) is 12.8 Å². The lowest BCUT2D eigenvalue weighted by molar-refractivity contribution is 0.103. The zero-order chi connectivity index (χ0) is 23.9. The molecule has 0 radical (unpaired) electrons. The number of fused-ring (bicyclic) bond motifs is 4. The van der Waals surface area contributed by atoms with E-state index in [1.165, 1.54) is 25.0 Å². The van der Waals surface area contributed by atoms with Gasteiger partial charge < -0.3 is 9.84 Å². The van der Waals surface area contributed by atoms with Crippen LogP contribution >= 0.6 is 0 Å². The topological polar surface area (TPSA) is 113 Å². The van der Waals surface area contributed by atoms with Crippen LogP contribution in [0.15, 0.2) is 53.4 Å². The van der Waals surface area contributed by atoms with Crippen molar-refractivity contribution in [1.82, 2.24) is 15.3 Å². The van der Waals surface area contributed by atoms with Crippen molar-refractivity contribution in [3.63, 3.8) is 0 Å². The number of hydrogen-bond acceptors (Lipinski definition) is 7. The standard InChI is InChI=1S/C25H28N4O4S/c1-15-5-3-6-16(2)23(15)21-13-22-28-25(27-21)29-34(31,32)20-8-4-7-18(12-20)24(30)26-19(14-33-22)11-17-9-10-17/h3-8,12-13,17,19,24,26,30H,9-11,14H2,1-2H3,(H,27,28,29)/t19-,24?/m1/s1. The Hall–Kier alpha value is -3.01. The van der Waals surface area contributed by atoms with Gasteiger partial charge in [0, 0.05) is 17.7 Å². The Morgan fingerprint density at radius 2 is 1.79 bits per heavy atom. The molecule has 3 aromatic rings. The molecule has 1 fully saturated rings. The average Bonchev–Trinajstić information content (AvgIpc) is 3.60. The minimum Gasteiger partial charge on any atom is -0.476 e. The first-order valence-electron chi connectivity index (χ1n) is 11.4. The maximum Gasteiger partial charge on any atom is 0.264 e. The molecule has 2 aliphatic rings. The van der Waals surface area contributed by atoms with Crippen molar-refractivity contribution in [3.05, 3.63) is 65.2 Å². The van der Waals surface area contributed by atoms with Crippen LogP contribution in [-0.4, -0.2) is 36.1 Å². The second-order valence-corrected chi connectivity index (χ2v) is 10.8. The second-order valence-electron chi connectivity index (χ2n) is 9.12. The quantitative estimate of drug-likeness (QED) is 0.524. The summed E-state index contributed by atoms with van der Waals surface area (Å²) in [7, 11) is -3.99. The molecule has 2 heterocycles. The van der Waals surface area contributed by atoms with Gasteiger partial charge in [-0.05, 0) is 55.0 Å². The maximum atomic E-state index is 13.1. The predicted octanol–water partition coefficient (Wildman–Crippen LogP) is 3.70. The molecule has 1 aromatic heterocycles. The van der Waals surface area contributed by atoms with Crippen molar-refractivity contribution in [3.8, 4) is 17.1 Å². The second kappa shape index (κ2) is 8.98. The monoisotopic (exact) mass is 480 g/mol. The van der Waals surface area contributed by atoms with Crippen LogP contribution in [0.2, 0.25) is 0 Å². The molecule has 0 amide bonds. The van der Waals surface area contributed by atoms with E-state index in [9.17, 15) is 13.5 Å². The molecular formula is C25H28N4O4S. The first kappa shape index (κ1) is 22.8. The van der Waals surface area contributed by atoms with E-state index >= 15 is 0 Å². The van der Waals surface area contributed by atoms with Crippen LogP contribution in [0.1, 0.15) is 42.2 Å². The van der Waals surface area contributed by atoms with Gasteiger partial charge in [-0.1, -0.05) is 43.2 Å². The minimum atomic E-state index is -3.99. The first-order chi connectivity index (χ1) is 16.3. The molecule has 3 N–H and O–H groups in total. The summed E-state index contributed by atoms with van der Waals surface area (Å²) in [6, 6.07) is 13.8. The lowest BCUT2D eigenvalue weighted by atomic mass is 10.00. The van der Waals surface area contributed by atoms with Gasteiger partial charge in [-0.25, -0.2) is 18.1 Å². The Bertz CT molecular complexity index is 1300. The molecule has 1 aliphatic carbocycles. The Morgan fingerprint density at radius 1 is 1.06 bits per heavy atom. The van der Waals surface area contributed by atoms with E-state index in [0.717, 1.165) is 23.1 Å². The molecule has 0 saturated heterocycles. The van der Waals surface area contributed by atoms with Crippen molar-refractivity contribution in [2.45, 2.75) is 50.3 Å². The molecule has 1 saturated carbocycles. The van der Waals surface area contributed by atoms with Crippen LogP contribution in [0.5, 0.6) is 5.88 Å². The third-order valence-electron chi connectivity index (χ3n) is 6.29. The summed E-state index contributed by atoms with van der Waals surface area (Å²) >= 11 is 0. The summed E-state index contributed by atoms with van der Waals surface area (Å²) in [5.41, 5.74) is 3.98. The number of ether oxygens (including phenoxy) is 1. The molecule has 34 heavy (non-hydrogen) atoms. The smallest absolute Gasteiger partial charge is 0.264 e. The predicted molar refractivity (Wildman–Crippen MR) is 129 cm³/mol. The fourth-order valence-electron chi connectivity index (χ4n) is 4.37. The molecule has 9 heteroatoms. The van der Waals surface area contributed by atoms with E-state index in [0.29, 0.717) is 17.2 Å². The van der Waals surface area contributed by atoms with Crippen molar-refractivity contribution in [2.24, 2.45) is 5.92 Å². The van der Waals surface area contributed by atoms with Crippen molar-refractivity contribution in [1.29, 1.82) is 0 Å². The van der Waals surface area contributed by atoms with Crippen LogP contribution in [0.4, 0.5) is 5.95 Å². The van der Waals surface area contributed by atoms with Crippen molar-refractivity contribution >= 4 is 16.0 Å². The Labute approximate surface area is 199 Å². The summed E-state index contributed by atoms with van der Waals surface area (Å²) in [6.45, 7) is 4.25. The average molecular weight is 481 g/mol. The molecule has 5 rings (SSSR count). The van der Waals surface area contributed by atoms with Crippen molar-refractivity contribution < 1.29 is 18.3 Å². The van der Waals surface area contributed by atoms with Crippen molar-refractivity contribution in [2.75, 3.05) is 11.3 Å². The number of hydrogen-bond donors (Lipinski definition) is 3. The highest BCUT2D eigenvalue weighted by Crippen LogP contribution is 2.35. The van der Waals surface area contributed by atoms with Crippen LogP contribution in [0.25, 0.3) is 11.3 Å². The fourth-order valence-corrected chi connectivity index (χ4v) is 5.37. The Morgan fingerprint density at radius 3 is 2.53 bits per heavy atom. The Kier molecular flexibility index (Phi) is 6.01. The molecule has 2 aromatic carbocycles. The summed E-state index contributed by atoms with van der Waals surface area (Å²) < 4.78 is 34.8. The molecule has 8 nitrogen and oxygen atoms in total. The molecule has 2 atom stereocenters. The van der Waals surface area contributed by atoms with Gasteiger partial charge in [0.25, 0.3) is 10.0 Å². The number of aliphatic hydroxyl groups excluding tert-OH is 1. The summed E-state index contributed by atoms with van der Waals surface area (Å²) in [6.07, 6.45) is 2.16. The minimum absolute atomic E-state index is 0.0207.